The molecule has 0 radical (unpaired) electrons. The summed E-state index contributed by atoms with van der Waals surface area (Å²) in [6, 6.07) is 92.0. The van der Waals surface area contributed by atoms with Gasteiger partial charge in [-0.1, -0.05) is 248 Å². The fourth-order valence-electron chi connectivity index (χ4n) is 12.1. The normalized spacial score (nSPS) is 11.3. The second kappa shape index (κ2) is 22.1. The van der Waals surface area contributed by atoms with Crippen molar-refractivity contribution in [2.24, 2.45) is 0 Å². The molecule has 12 aromatic rings. The quantitative estimate of drug-likeness (QED) is 0.0752. The van der Waals surface area contributed by atoms with Gasteiger partial charge in [0.2, 0.25) is 0 Å². The Morgan fingerprint density at radius 3 is 0.789 bits per heavy atom. The lowest BCUT2D eigenvalue weighted by atomic mass is 9.91. The topological polar surface area (TPSA) is 0 Å². The average Bonchev–Trinajstić information content (AvgIpc) is 3.52. The molecule has 0 atom stereocenters. The van der Waals surface area contributed by atoms with Crippen LogP contribution in [-0.2, 0) is 12.8 Å². The molecule has 0 fully saturated rings. The highest BCUT2D eigenvalue weighted by molar-refractivity contribution is 6.24. The Balaban J connectivity index is 1.17. The van der Waals surface area contributed by atoms with Crippen molar-refractivity contribution in [3.63, 3.8) is 0 Å². The third-order valence-corrected chi connectivity index (χ3v) is 16.0. The van der Waals surface area contributed by atoms with Crippen LogP contribution in [0.4, 0.5) is 0 Å². The SMILES string of the molecule is CCCCCCCCc1c2cccc3c#cc4cccc5c(c#cc6cccc7c(CCCCCCCC)c8cccc(c#cc9c%10ccccc%10c(c#cc%10cccc1c%10cc32)c1ccccc91)c8cc67)cccc45. The lowest BCUT2D eigenvalue weighted by molar-refractivity contribution is 0.609. The van der Waals surface area contributed by atoms with Crippen molar-refractivity contribution in [3.8, 4) is 0 Å². The van der Waals surface area contributed by atoms with Gasteiger partial charge in [0.15, 0.2) is 0 Å². The van der Waals surface area contributed by atoms with Crippen LogP contribution < -0.4 is 0 Å². The molecule has 0 heteroatoms. The number of unbranched alkanes of at least 4 members (excludes halogenated alkanes) is 10. The molecule has 0 saturated carbocycles. The van der Waals surface area contributed by atoms with Crippen LogP contribution in [0.1, 0.15) is 102 Å². The molecule has 12 aromatic carbocycles. The fourth-order valence-corrected chi connectivity index (χ4v) is 12.1. The molecule has 0 aliphatic heterocycles. The summed E-state index contributed by atoms with van der Waals surface area (Å²) in [6.07, 6.45) is 17.0. The molecule has 10 bridgehead atoms. The van der Waals surface area contributed by atoms with Crippen LogP contribution in [-0.4, -0.2) is 0 Å². The fraction of sp³-hybridized carbons (Fsp3) is 0.211. The van der Waals surface area contributed by atoms with Gasteiger partial charge in [-0.15, -0.1) is 0 Å². The van der Waals surface area contributed by atoms with E-state index in [9.17, 15) is 0 Å². The highest BCUT2D eigenvalue weighted by atomic mass is 14.2. The van der Waals surface area contributed by atoms with E-state index in [4.69, 9.17) is 0 Å². The molecule has 0 amide bonds. The van der Waals surface area contributed by atoms with Gasteiger partial charge in [0.05, 0.1) is 0 Å². The van der Waals surface area contributed by atoms with Crippen LogP contribution in [0.15, 0.2) is 170 Å². The van der Waals surface area contributed by atoms with E-state index in [0.717, 1.165) is 101 Å². The van der Waals surface area contributed by atoms with Gasteiger partial charge in [-0.25, -0.2) is 0 Å². The monoisotopic (exact) mass is 974 g/mol. The van der Waals surface area contributed by atoms with Gasteiger partial charge in [0.1, 0.15) is 0 Å². The highest BCUT2D eigenvalue weighted by Gasteiger charge is 2.13. The van der Waals surface area contributed by atoms with Gasteiger partial charge in [0.25, 0.3) is 0 Å². The van der Waals surface area contributed by atoms with E-state index in [2.05, 4.69) is 232 Å². The molecule has 76 heavy (non-hydrogen) atoms. The van der Waals surface area contributed by atoms with E-state index in [0.29, 0.717) is 0 Å². The summed E-state index contributed by atoms with van der Waals surface area (Å²) < 4.78 is 0. The zero-order valence-electron chi connectivity index (χ0n) is 44.1. The van der Waals surface area contributed by atoms with Crippen molar-refractivity contribution >= 4 is 118 Å². The summed E-state index contributed by atoms with van der Waals surface area (Å²) >= 11 is 0. The maximum Gasteiger partial charge on any atom is 0.0406 e. The average molecular weight is 975 g/mol. The summed E-state index contributed by atoms with van der Waals surface area (Å²) in [6.45, 7) is 4.58. The molecule has 0 unspecified atom stereocenters. The number of benzene rings is 11. The molecule has 0 spiro atoms. The first kappa shape index (κ1) is 48.4. The van der Waals surface area contributed by atoms with Crippen molar-refractivity contribution < 1.29 is 0 Å². The number of fused-ring (bicyclic) bond motifs is 3. The number of rotatable bonds is 14. The lowest BCUT2D eigenvalue weighted by Crippen LogP contribution is -1.92. The van der Waals surface area contributed by atoms with Crippen molar-refractivity contribution in [2.45, 2.75) is 104 Å². The van der Waals surface area contributed by atoms with E-state index >= 15 is 0 Å². The van der Waals surface area contributed by atoms with Gasteiger partial charge in [-0.3, -0.25) is 0 Å². The van der Waals surface area contributed by atoms with Crippen LogP contribution in [0.25, 0.3) is 118 Å². The van der Waals surface area contributed by atoms with E-state index < -0.39 is 0 Å². The highest BCUT2D eigenvalue weighted by Crippen LogP contribution is 2.37. The van der Waals surface area contributed by atoms with E-state index in [1.54, 1.807) is 0 Å². The van der Waals surface area contributed by atoms with Crippen LogP contribution in [0.3, 0.4) is 0 Å². The summed E-state index contributed by atoms with van der Waals surface area (Å²) in [5.74, 6) is 0. The Hall–Kier alpha value is -8.52. The summed E-state index contributed by atoms with van der Waals surface area (Å²) in [5, 5.41) is 24.6. The second-order valence-electron chi connectivity index (χ2n) is 20.9. The number of hydrogen-bond donors (Lipinski definition) is 0. The molecule has 366 valence electrons. The standard InChI is InChI=1S/C76H62/c1-3-5-7-9-11-13-31-65-67-39-21-27-55-45-43-53-25-19-38-60-54(26-20-37-59(53)60)44-46-56-28-22-40-68-66(32-14-12-10-8-6-4-2)70-42-24-30-58(76(70)52-74(56)68)48-50-72-63-35-17-15-33-61(63)71(62-34-16-18-36-64(62)72)49-47-57-29-23-41-69(65)75(57)51-73(55)67/h15-30,33-42,51-52H,3-14,31-32H2,1-2H3. The molecule has 0 saturated heterocycles. The molecular weight excluding hydrogens is 913 g/mol. The predicted octanol–water partition coefficient (Wildman–Crippen LogP) is 21.4. The van der Waals surface area contributed by atoms with E-state index in [1.807, 2.05) is 0 Å². The minimum absolute atomic E-state index is 0.995. The molecule has 0 heterocycles. The Labute approximate surface area is 449 Å². The predicted molar refractivity (Wildman–Crippen MR) is 328 cm³/mol. The van der Waals surface area contributed by atoms with Crippen LogP contribution in [0.2, 0.25) is 0 Å². The molecule has 0 nitrogen and oxygen atoms in total. The summed E-state index contributed by atoms with van der Waals surface area (Å²) in [7, 11) is 0. The molecule has 0 aromatic heterocycles. The largest absolute Gasteiger partial charge is 0.0654 e. The Morgan fingerprint density at radius 1 is 0.224 bits per heavy atom. The molecule has 0 N–H and O–H groups in total. The van der Waals surface area contributed by atoms with Gasteiger partial charge >= 0.3 is 0 Å². The molecule has 12 rings (SSSR count). The minimum atomic E-state index is 0.995. The first-order chi connectivity index (χ1) is 37.7. The maximum absolute atomic E-state index is 3.81. The van der Waals surface area contributed by atoms with Gasteiger partial charge in [0, 0.05) is 43.1 Å². The zero-order chi connectivity index (χ0) is 51.2. The van der Waals surface area contributed by atoms with Crippen molar-refractivity contribution in [1.82, 2.24) is 0 Å². The van der Waals surface area contributed by atoms with Crippen molar-refractivity contribution in [1.29, 1.82) is 0 Å². The summed E-state index contributed by atoms with van der Waals surface area (Å²) in [5.41, 5.74) is 2.78. The van der Waals surface area contributed by atoms with E-state index in [-0.39, 0.29) is 0 Å². The van der Waals surface area contributed by atoms with Gasteiger partial charge < -0.3 is 0 Å². The minimum Gasteiger partial charge on any atom is -0.0654 e. The summed E-state index contributed by atoms with van der Waals surface area (Å²) in [4.78, 5) is 0. The van der Waals surface area contributed by atoms with Crippen LogP contribution in [0.5, 0.6) is 0 Å². The van der Waals surface area contributed by atoms with Gasteiger partial charge in [-0.05, 0) is 161 Å². The Bertz CT molecular complexity index is 3990. The smallest absolute Gasteiger partial charge is 0.0406 e. The van der Waals surface area contributed by atoms with Crippen molar-refractivity contribution in [2.75, 3.05) is 0 Å². The molecule has 0 aliphatic rings. The number of hydrogen-bond acceptors (Lipinski definition) is 0. The number of aryl methyl sites for hydroxylation is 2. The van der Waals surface area contributed by atoms with Gasteiger partial charge in [-0.2, -0.15) is 0 Å². The lowest BCUT2D eigenvalue weighted by Gasteiger charge is -2.13. The first-order valence-electron chi connectivity index (χ1n) is 28.1. The van der Waals surface area contributed by atoms with E-state index in [1.165, 1.54) is 118 Å². The van der Waals surface area contributed by atoms with Crippen LogP contribution >= 0.6 is 0 Å². The zero-order valence-corrected chi connectivity index (χ0v) is 44.1. The Morgan fingerprint density at radius 2 is 0.474 bits per heavy atom. The Kier molecular flexibility index (Phi) is 14.1. The molecular formula is C76H62. The van der Waals surface area contributed by atoms with Crippen molar-refractivity contribution in [3.05, 3.63) is 230 Å². The third-order valence-electron chi connectivity index (χ3n) is 16.0. The van der Waals surface area contributed by atoms with Crippen LogP contribution in [0, 0.1) is 48.5 Å². The maximum atomic E-state index is 3.81. The first-order valence-corrected chi connectivity index (χ1v) is 28.1. The third kappa shape index (κ3) is 9.48. The second-order valence-corrected chi connectivity index (χ2v) is 20.9. The molecule has 0 aliphatic carbocycles.